The average Bonchev–Trinajstić information content (AvgIpc) is 3.24. The van der Waals surface area contributed by atoms with Crippen molar-refractivity contribution in [3.8, 4) is 0 Å². The van der Waals surface area contributed by atoms with Gasteiger partial charge in [-0.2, -0.15) is 0 Å². The van der Waals surface area contributed by atoms with Crippen molar-refractivity contribution >= 4 is 18.3 Å². The Labute approximate surface area is 139 Å². The molecule has 1 aliphatic heterocycles. The van der Waals surface area contributed by atoms with Crippen molar-refractivity contribution in [2.24, 2.45) is 11.7 Å². The molecule has 4 nitrogen and oxygen atoms in total. The minimum atomic E-state index is 0. The molecule has 1 amide bonds. The van der Waals surface area contributed by atoms with Crippen molar-refractivity contribution in [3.63, 3.8) is 0 Å². The summed E-state index contributed by atoms with van der Waals surface area (Å²) in [5.74, 6) is 0.677. The minimum Gasteiger partial charge on any atom is -0.345 e. The number of aromatic nitrogens is 1. The standard InChI is InChI=1S/C17H27N3O.ClH/c1-11-5-4-8-19(16(11)10-18)17(21)15-9-12(2)20(13(15)3)14-6-7-14;/h9,11,14,16H,4-8,10,18H2,1-3H3;1H. The van der Waals surface area contributed by atoms with Crippen LogP contribution in [0.2, 0.25) is 0 Å². The predicted molar refractivity (Wildman–Crippen MR) is 91.7 cm³/mol. The Kier molecular flexibility index (Phi) is 5.23. The third-order valence-corrected chi connectivity index (χ3v) is 5.24. The summed E-state index contributed by atoms with van der Waals surface area (Å²) in [4.78, 5) is 15.0. The van der Waals surface area contributed by atoms with Crippen molar-refractivity contribution in [3.05, 3.63) is 23.0 Å². The van der Waals surface area contributed by atoms with Crippen LogP contribution in [0.15, 0.2) is 6.07 Å². The van der Waals surface area contributed by atoms with Gasteiger partial charge in [0.15, 0.2) is 0 Å². The summed E-state index contributed by atoms with van der Waals surface area (Å²) in [5, 5.41) is 0. The number of aryl methyl sites for hydroxylation is 1. The molecule has 2 unspecified atom stereocenters. The first-order valence-corrected chi connectivity index (χ1v) is 8.24. The van der Waals surface area contributed by atoms with Crippen LogP contribution < -0.4 is 5.73 Å². The third kappa shape index (κ3) is 2.91. The lowest BCUT2D eigenvalue weighted by molar-refractivity contribution is 0.0531. The van der Waals surface area contributed by atoms with E-state index >= 15 is 0 Å². The number of rotatable bonds is 3. The Balaban J connectivity index is 0.00000176. The maximum Gasteiger partial charge on any atom is 0.255 e. The molecule has 1 aliphatic carbocycles. The minimum absolute atomic E-state index is 0. The van der Waals surface area contributed by atoms with Crippen molar-refractivity contribution in [1.82, 2.24) is 9.47 Å². The Hall–Kier alpha value is -1.000. The molecule has 3 rings (SSSR count). The van der Waals surface area contributed by atoms with Gasteiger partial charge in [0.2, 0.25) is 0 Å². The average molecular weight is 326 g/mol. The highest BCUT2D eigenvalue weighted by Crippen LogP contribution is 2.38. The first kappa shape index (κ1) is 17.4. The Morgan fingerprint density at radius 2 is 2.00 bits per heavy atom. The molecular formula is C17H28ClN3O. The first-order valence-electron chi connectivity index (χ1n) is 8.24. The molecule has 2 fully saturated rings. The van der Waals surface area contributed by atoms with E-state index in [0.29, 0.717) is 18.5 Å². The third-order valence-electron chi connectivity index (χ3n) is 5.24. The van der Waals surface area contributed by atoms with Crippen LogP contribution in [0.4, 0.5) is 0 Å². The Morgan fingerprint density at radius 3 is 2.59 bits per heavy atom. The summed E-state index contributed by atoms with van der Waals surface area (Å²) in [5.41, 5.74) is 9.16. The van der Waals surface area contributed by atoms with Crippen LogP contribution in [0.1, 0.15) is 60.4 Å². The van der Waals surface area contributed by atoms with E-state index in [-0.39, 0.29) is 24.4 Å². The number of halogens is 1. The maximum absolute atomic E-state index is 13.0. The van der Waals surface area contributed by atoms with Crippen LogP contribution in [0.3, 0.4) is 0 Å². The normalized spacial score (nSPS) is 25.0. The highest BCUT2D eigenvalue weighted by molar-refractivity contribution is 5.96. The van der Waals surface area contributed by atoms with Gasteiger partial charge in [-0.25, -0.2) is 0 Å². The number of carbonyl (C=O) groups excluding carboxylic acids is 1. The van der Waals surface area contributed by atoms with Gasteiger partial charge in [-0.05, 0) is 51.5 Å². The Morgan fingerprint density at radius 1 is 1.32 bits per heavy atom. The van der Waals surface area contributed by atoms with Gasteiger partial charge in [0.1, 0.15) is 0 Å². The molecule has 22 heavy (non-hydrogen) atoms. The van der Waals surface area contributed by atoms with Crippen molar-refractivity contribution in [2.75, 3.05) is 13.1 Å². The van der Waals surface area contributed by atoms with Crippen LogP contribution in [0.25, 0.3) is 0 Å². The number of hydrogen-bond acceptors (Lipinski definition) is 2. The van der Waals surface area contributed by atoms with Crippen LogP contribution in [-0.4, -0.2) is 34.5 Å². The number of carbonyl (C=O) groups is 1. The second kappa shape index (κ2) is 6.63. The van der Waals surface area contributed by atoms with Crippen LogP contribution in [-0.2, 0) is 0 Å². The second-order valence-electron chi connectivity index (χ2n) is 6.81. The molecule has 5 heteroatoms. The van der Waals surface area contributed by atoms with Crippen molar-refractivity contribution in [2.45, 2.75) is 58.5 Å². The highest BCUT2D eigenvalue weighted by atomic mass is 35.5. The maximum atomic E-state index is 13.0. The lowest BCUT2D eigenvalue weighted by Crippen LogP contribution is -2.51. The molecular weight excluding hydrogens is 298 g/mol. The topological polar surface area (TPSA) is 51.3 Å². The molecule has 0 spiro atoms. The first-order chi connectivity index (χ1) is 10.0. The van der Waals surface area contributed by atoms with E-state index in [9.17, 15) is 4.79 Å². The molecule has 1 aromatic heterocycles. The van der Waals surface area contributed by atoms with Gasteiger partial charge < -0.3 is 15.2 Å². The van der Waals surface area contributed by atoms with Gasteiger partial charge in [-0.3, -0.25) is 4.79 Å². The fourth-order valence-electron chi connectivity index (χ4n) is 3.90. The number of nitrogens with two attached hydrogens (primary N) is 1. The molecule has 1 saturated carbocycles. The zero-order valence-electron chi connectivity index (χ0n) is 13.8. The van der Waals surface area contributed by atoms with E-state index < -0.39 is 0 Å². The lowest BCUT2D eigenvalue weighted by atomic mass is 9.90. The van der Waals surface area contributed by atoms with E-state index in [1.165, 1.54) is 25.0 Å². The second-order valence-corrected chi connectivity index (χ2v) is 6.81. The summed E-state index contributed by atoms with van der Waals surface area (Å²) in [7, 11) is 0. The van der Waals surface area contributed by atoms with Gasteiger partial charge in [0, 0.05) is 36.6 Å². The predicted octanol–water partition coefficient (Wildman–Crippen LogP) is 3.06. The van der Waals surface area contributed by atoms with E-state index in [1.807, 2.05) is 4.90 Å². The number of likely N-dealkylation sites (tertiary alicyclic amines) is 1. The van der Waals surface area contributed by atoms with Gasteiger partial charge in [0.25, 0.3) is 5.91 Å². The molecule has 1 aromatic rings. The summed E-state index contributed by atoms with van der Waals surface area (Å²) >= 11 is 0. The molecule has 2 atom stereocenters. The van der Waals surface area contributed by atoms with Gasteiger partial charge in [-0.15, -0.1) is 12.4 Å². The van der Waals surface area contributed by atoms with E-state index in [4.69, 9.17) is 5.73 Å². The Bertz CT molecular complexity index is 550. The summed E-state index contributed by atoms with van der Waals surface area (Å²) in [6, 6.07) is 2.88. The fraction of sp³-hybridized carbons (Fsp3) is 0.706. The van der Waals surface area contributed by atoms with E-state index in [2.05, 4.69) is 31.4 Å². The number of hydrogen-bond donors (Lipinski definition) is 1. The molecule has 0 bridgehead atoms. The quantitative estimate of drug-likeness (QED) is 0.928. The molecule has 0 aromatic carbocycles. The molecule has 1 saturated heterocycles. The lowest BCUT2D eigenvalue weighted by Gasteiger charge is -2.39. The monoisotopic (exact) mass is 325 g/mol. The highest BCUT2D eigenvalue weighted by Gasteiger charge is 2.34. The fourth-order valence-corrected chi connectivity index (χ4v) is 3.90. The van der Waals surface area contributed by atoms with Crippen molar-refractivity contribution in [1.29, 1.82) is 0 Å². The van der Waals surface area contributed by atoms with E-state index in [1.54, 1.807) is 0 Å². The molecule has 0 radical (unpaired) electrons. The largest absolute Gasteiger partial charge is 0.345 e. The van der Waals surface area contributed by atoms with Crippen LogP contribution >= 0.6 is 12.4 Å². The summed E-state index contributed by atoms with van der Waals surface area (Å²) in [6.45, 7) is 7.82. The number of piperidine rings is 1. The van der Waals surface area contributed by atoms with E-state index in [0.717, 1.165) is 24.2 Å². The zero-order valence-corrected chi connectivity index (χ0v) is 14.7. The molecule has 2 N–H and O–H groups in total. The van der Waals surface area contributed by atoms with Gasteiger partial charge in [-0.1, -0.05) is 6.92 Å². The number of amides is 1. The smallest absolute Gasteiger partial charge is 0.255 e. The van der Waals surface area contributed by atoms with Crippen LogP contribution in [0.5, 0.6) is 0 Å². The molecule has 2 aliphatic rings. The molecule has 124 valence electrons. The zero-order chi connectivity index (χ0) is 15.1. The number of nitrogens with zero attached hydrogens (tertiary/aromatic N) is 2. The summed E-state index contributed by atoms with van der Waals surface area (Å²) < 4.78 is 2.35. The SMILES string of the molecule is Cc1cc(C(=O)N2CCCC(C)C2CN)c(C)n1C1CC1.Cl. The summed E-state index contributed by atoms with van der Waals surface area (Å²) in [6.07, 6.45) is 4.75. The van der Waals surface area contributed by atoms with Gasteiger partial charge in [0.05, 0.1) is 5.56 Å². The molecule has 2 heterocycles. The van der Waals surface area contributed by atoms with Crippen molar-refractivity contribution < 1.29 is 4.79 Å². The van der Waals surface area contributed by atoms with Gasteiger partial charge >= 0.3 is 0 Å². The van der Waals surface area contributed by atoms with Crippen LogP contribution in [0, 0.1) is 19.8 Å².